The lowest BCUT2D eigenvalue weighted by atomic mass is 9.88. The van der Waals surface area contributed by atoms with Crippen molar-refractivity contribution in [3.63, 3.8) is 0 Å². The van der Waals surface area contributed by atoms with E-state index in [4.69, 9.17) is 5.11 Å². The fourth-order valence-electron chi connectivity index (χ4n) is 1.27. The molecule has 0 saturated carbocycles. The van der Waals surface area contributed by atoms with Crippen LogP contribution in [0.4, 0.5) is 4.39 Å². The van der Waals surface area contributed by atoms with Crippen molar-refractivity contribution in [1.82, 2.24) is 0 Å². The molecule has 1 aromatic carbocycles. The van der Waals surface area contributed by atoms with E-state index in [9.17, 15) is 4.39 Å². The number of halogens is 1. The van der Waals surface area contributed by atoms with Crippen LogP contribution in [0.25, 0.3) is 0 Å². The second-order valence-electron chi connectivity index (χ2n) is 4.52. The average molecular weight is 182 g/mol. The van der Waals surface area contributed by atoms with Crippen molar-refractivity contribution in [1.29, 1.82) is 0 Å². The van der Waals surface area contributed by atoms with Crippen molar-refractivity contribution in [2.24, 2.45) is 5.41 Å². The van der Waals surface area contributed by atoms with Gasteiger partial charge in [0, 0.05) is 0 Å². The van der Waals surface area contributed by atoms with Gasteiger partial charge in [-0.25, -0.2) is 4.39 Å². The molecule has 0 heterocycles. The molecule has 0 spiro atoms. The molecule has 1 rings (SSSR count). The minimum atomic E-state index is -0.540. The summed E-state index contributed by atoms with van der Waals surface area (Å²) in [7, 11) is 0. The lowest BCUT2D eigenvalue weighted by Crippen LogP contribution is -2.09. The third kappa shape index (κ3) is 3.05. The van der Waals surface area contributed by atoms with Gasteiger partial charge in [0.1, 0.15) is 0 Å². The first-order chi connectivity index (χ1) is 5.88. The van der Waals surface area contributed by atoms with Crippen molar-refractivity contribution in [3.05, 3.63) is 29.6 Å². The van der Waals surface area contributed by atoms with Crippen LogP contribution in [0.2, 0.25) is 0 Å². The Morgan fingerprint density at radius 2 is 1.92 bits per heavy atom. The second-order valence-corrected chi connectivity index (χ2v) is 4.52. The topological polar surface area (TPSA) is 20.2 Å². The molecule has 1 aromatic rings. The van der Waals surface area contributed by atoms with Gasteiger partial charge in [-0.05, 0) is 29.5 Å². The lowest BCUT2D eigenvalue weighted by molar-refractivity contribution is 0.405. The van der Waals surface area contributed by atoms with Crippen molar-refractivity contribution >= 4 is 0 Å². The Kier molecular flexibility index (Phi) is 2.60. The highest BCUT2D eigenvalue weighted by atomic mass is 19.1. The summed E-state index contributed by atoms with van der Waals surface area (Å²) in [5, 5.41) is 8.97. The highest BCUT2D eigenvalue weighted by molar-refractivity contribution is 5.28. The molecular weight excluding hydrogens is 167 g/mol. The average Bonchev–Trinajstić information content (AvgIpc) is 1.94. The standard InChI is InChI=1S/C11H15FO/c1-11(2,3)7-8-4-5-10(13)9(12)6-8/h4-6,13H,7H2,1-3H3. The van der Waals surface area contributed by atoms with E-state index in [-0.39, 0.29) is 11.2 Å². The van der Waals surface area contributed by atoms with Crippen LogP contribution in [0.5, 0.6) is 5.75 Å². The van der Waals surface area contributed by atoms with Gasteiger partial charge in [0.15, 0.2) is 11.6 Å². The van der Waals surface area contributed by atoms with Gasteiger partial charge in [-0.15, -0.1) is 0 Å². The highest BCUT2D eigenvalue weighted by Crippen LogP contribution is 2.23. The Bertz CT molecular complexity index is 299. The predicted octanol–water partition coefficient (Wildman–Crippen LogP) is 3.12. The summed E-state index contributed by atoms with van der Waals surface area (Å²) in [6, 6.07) is 4.54. The molecule has 2 heteroatoms. The number of rotatable bonds is 1. The van der Waals surface area contributed by atoms with Crippen LogP contribution in [0.15, 0.2) is 18.2 Å². The smallest absolute Gasteiger partial charge is 0.165 e. The molecule has 0 amide bonds. The molecule has 72 valence electrons. The molecule has 1 N–H and O–H groups in total. The second kappa shape index (κ2) is 3.36. The van der Waals surface area contributed by atoms with E-state index in [0.717, 1.165) is 12.0 Å². The fourth-order valence-corrected chi connectivity index (χ4v) is 1.27. The van der Waals surface area contributed by atoms with Crippen LogP contribution in [0.1, 0.15) is 26.3 Å². The predicted molar refractivity (Wildman–Crippen MR) is 51.2 cm³/mol. The Morgan fingerprint density at radius 1 is 1.31 bits per heavy atom. The van der Waals surface area contributed by atoms with Gasteiger partial charge in [0.2, 0.25) is 0 Å². The molecule has 0 bridgehead atoms. The summed E-state index contributed by atoms with van der Waals surface area (Å²) in [6.45, 7) is 6.29. The van der Waals surface area contributed by atoms with E-state index in [2.05, 4.69) is 20.8 Å². The van der Waals surface area contributed by atoms with E-state index in [0.29, 0.717) is 0 Å². The van der Waals surface area contributed by atoms with Crippen LogP contribution in [0, 0.1) is 11.2 Å². The summed E-state index contributed by atoms with van der Waals surface area (Å²) < 4.78 is 12.9. The van der Waals surface area contributed by atoms with E-state index in [1.807, 2.05) is 0 Å². The number of hydrogen-bond acceptors (Lipinski definition) is 1. The number of benzene rings is 1. The number of phenolic OH excluding ortho intramolecular Hbond substituents is 1. The minimum absolute atomic E-state index is 0.142. The van der Waals surface area contributed by atoms with Crippen LogP contribution in [0.3, 0.4) is 0 Å². The quantitative estimate of drug-likeness (QED) is 0.707. The molecular formula is C11H15FO. The zero-order valence-electron chi connectivity index (χ0n) is 8.26. The van der Waals surface area contributed by atoms with Crippen LogP contribution in [-0.2, 0) is 6.42 Å². The van der Waals surface area contributed by atoms with Crippen LogP contribution >= 0.6 is 0 Å². The van der Waals surface area contributed by atoms with Crippen molar-refractivity contribution in [3.8, 4) is 5.75 Å². The molecule has 13 heavy (non-hydrogen) atoms. The van der Waals surface area contributed by atoms with E-state index >= 15 is 0 Å². The lowest BCUT2D eigenvalue weighted by Gasteiger charge is -2.17. The molecule has 0 fully saturated rings. The SMILES string of the molecule is CC(C)(C)Cc1ccc(O)c(F)c1. The molecule has 0 unspecified atom stereocenters. The first kappa shape index (κ1) is 10.0. The molecule has 1 nitrogen and oxygen atoms in total. The van der Waals surface area contributed by atoms with E-state index in [1.54, 1.807) is 6.07 Å². The van der Waals surface area contributed by atoms with Crippen LogP contribution < -0.4 is 0 Å². The molecule has 0 aliphatic rings. The van der Waals surface area contributed by atoms with Gasteiger partial charge < -0.3 is 5.11 Å². The van der Waals surface area contributed by atoms with Gasteiger partial charge in [-0.3, -0.25) is 0 Å². The molecule has 0 radical (unpaired) electrons. The van der Waals surface area contributed by atoms with Gasteiger partial charge in [0.25, 0.3) is 0 Å². The molecule has 0 aliphatic heterocycles. The Balaban J connectivity index is 2.86. The van der Waals surface area contributed by atoms with Gasteiger partial charge in [0.05, 0.1) is 0 Å². The summed E-state index contributed by atoms with van der Waals surface area (Å²) >= 11 is 0. The maximum atomic E-state index is 12.9. The first-order valence-electron chi connectivity index (χ1n) is 4.36. The summed E-state index contributed by atoms with van der Waals surface area (Å²) in [6.07, 6.45) is 0.810. The maximum Gasteiger partial charge on any atom is 0.165 e. The Labute approximate surface area is 78.2 Å². The highest BCUT2D eigenvalue weighted by Gasteiger charge is 2.12. The van der Waals surface area contributed by atoms with Crippen molar-refractivity contribution < 1.29 is 9.50 Å². The minimum Gasteiger partial charge on any atom is -0.505 e. The molecule has 0 aliphatic carbocycles. The fraction of sp³-hybridized carbons (Fsp3) is 0.455. The normalized spacial score (nSPS) is 11.7. The summed E-state index contributed by atoms with van der Waals surface area (Å²) in [4.78, 5) is 0. The van der Waals surface area contributed by atoms with Gasteiger partial charge >= 0.3 is 0 Å². The zero-order valence-corrected chi connectivity index (χ0v) is 8.26. The number of hydrogen-bond donors (Lipinski definition) is 1. The van der Waals surface area contributed by atoms with E-state index in [1.165, 1.54) is 12.1 Å². The Morgan fingerprint density at radius 3 is 2.38 bits per heavy atom. The van der Waals surface area contributed by atoms with Crippen LogP contribution in [-0.4, -0.2) is 5.11 Å². The number of phenols is 1. The zero-order chi connectivity index (χ0) is 10.1. The molecule has 0 aromatic heterocycles. The molecule has 0 atom stereocenters. The van der Waals surface area contributed by atoms with E-state index < -0.39 is 5.82 Å². The van der Waals surface area contributed by atoms with Gasteiger partial charge in [-0.2, -0.15) is 0 Å². The van der Waals surface area contributed by atoms with Gasteiger partial charge in [-0.1, -0.05) is 26.8 Å². The molecule has 0 saturated heterocycles. The van der Waals surface area contributed by atoms with Crippen molar-refractivity contribution in [2.45, 2.75) is 27.2 Å². The summed E-state index contributed by atoms with van der Waals surface area (Å²) in [5.74, 6) is -0.820. The first-order valence-corrected chi connectivity index (χ1v) is 4.36. The van der Waals surface area contributed by atoms with Crippen molar-refractivity contribution in [2.75, 3.05) is 0 Å². The maximum absolute atomic E-state index is 12.9. The Hall–Kier alpha value is -1.05. The monoisotopic (exact) mass is 182 g/mol. The largest absolute Gasteiger partial charge is 0.505 e. The number of aromatic hydroxyl groups is 1. The third-order valence-electron chi connectivity index (χ3n) is 1.75. The third-order valence-corrected chi connectivity index (χ3v) is 1.75. The summed E-state index contributed by atoms with van der Waals surface area (Å²) in [5.41, 5.74) is 1.06.